The van der Waals surface area contributed by atoms with Gasteiger partial charge in [-0.2, -0.15) is 0 Å². The molecule has 0 aliphatic rings. The van der Waals surface area contributed by atoms with Crippen LogP contribution in [0.5, 0.6) is 0 Å². The maximum atomic E-state index is 2.08. The van der Waals surface area contributed by atoms with Gasteiger partial charge in [-0.1, -0.05) is 49.4 Å². The van der Waals surface area contributed by atoms with Gasteiger partial charge in [-0.25, -0.2) is 0 Å². The Hall–Kier alpha value is -1.04. The smallest absolute Gasteiger partial charge is 0.0198 e. The van der Waals surface area contributed by atoms with Crippen LogP contribution in [0.2, 0.25) is 0 Å². The van der Waals surface area contributed by atoms with Crippen LogP contribution in [-0.4, -0.2) is 0 Å². The molecule has 0 unspecified atom stereocenters. The Labute approximate surface area is 62.2 Å². The van der Waals surface area contributed by atoms with Gasteiger partial charge in [0, 0.05) is 0 Å². The third-order valence-corrected chi connectivity index (χ3v) is 1.28. The zero-order valence-electron chi connectivity index (χ0n) is 6.12. The van der Waals surface area contributed by atoms with Crippen molar-refractivity contribution < 1.29 is 0 Å². The highest BCUT2D eigenvalue weighted by molar-refractivity contribution is 5.49. The Kier molecular flexibility index (Phi) is 2.75. The predicted molar refractivity (Wildman–Crippen MR) is 45.5 cm³/mol. The summed E-state index contributed by atoms with van der Waals surface area (Å²) in [5.41, 5.74) is 1.25. The van der Waals surface area contributed by atoms with Crippen molar-refractivity contribution in [3.63, 3.8) is 0 Å². The third-order valence-electron chi connectivity index (χ3n) is 1.28. The largest absolute Gasteiger partial charge is 0.0805 e. The molecule has 0 atom stereocenters. The second-order valence-electron chi connectivity index (χ2n) is 2.10. The highest BCUT2D eigenvalue weighted by Crippen LogP contribution is 2.00. The van der Waals surface area contributed by atoms with E-state index in [2.05, 4.69) is 18.2 Å². The maximum absolute atomic E-state index is 2.08. The number of hydrogen-bond donors (Lipinski definition) is 0. The number of allylic oxidation sites excluding steroid dienone is 1. The number of rotatable bonds is 2. The second-order valence-corrected chi connectivity index (χ2v) is 2.10. The fraction of sp³-hybridized carbons (Fsp3) is 0.100. The van der Waals surface area contributed by atoms with Gasteiger partial charge >= 0.3 is 0 Å². The van der Waals surface area contributed by atoms with E-state index in [1.54, 1.807) is 0 Å². The first-order valence-corrected chi connectivity index (χ1v) is 3.44. The van der Waals surface area contributed by atoms with Gasteiger partial charge in [0.15, 0.2) is 0 Å². The molecule has 1 aromatic carbocycles. The molecule has 0 bridgehead atoms. The molecule has 0 heteroatoms. The molecule has 0 aliphatic carbocycles. The molecule has 1 aromatic rings. The minimum atomic E-state index is 1.25. The fourth-order valence-electron chi connectivity index (χ4n) is 0.771. The molecule has 1 rings (SSSR count). The van der Waals surface area contributed by atoms with Gasteiger partial charge in [0.2, 0.25) is 0 Å². The van der Waals surface area contributed by atoms with E-state index in [4.69, 9.17) is 0 Å². The average molecular weight is 131 g/mol. The molecule has 0 nitrogen and oxygen atoms in total. The fourth-order valence-corrected chi connectivity index (χ4v) is 0.771. The summed E-state index contributed by atoms with van der Waals surface area (Å²) in [6.07, 6.45) is 6.14. The van der Waals surface area contributed by atoms with Gasteiger partial charge in [-0.3, -0.25) is 0 Å². The third kappa shape index (κ3) is 2.06. The summed E-state index contributed by atoms with van der Waals surface area (Å²) in [7, 11) is 0. The van der Waals surface area contributed by atoms with E-state index < -0.39 is 0 Å². The second kappa shape index (κ2) is 3.89. The lowest BCUT2D eigenvalue weighted by molar-refractivity contribution is 1.56. The Balaban J connectivity index is 2.67. The topological polar surface area (TPSA) is 0 Å². The Morgan fingerprint density at radius 1 is 1.10 bits per heavy atom. The van der Waals surface area contributed by atoms with Crippen LogP contribution in [-0.2, 0) is 0 Å². The van der Waals surface area contributed by atoms with Crippen molar-refractivity contribution in [2.75, 3.05) is 0 Å². The van der Waals surface area contributed by atoms with Gasteiger partial charge in [-0.15, -0.1) is 0 Å². The summed E-state index contributed by atoms with van der Waals surface area (Å²) in [6.45, 7) is 2.01. The van der Waals surface area contributed by atoms with Crippen LogP contribution in [0, 0.1) is 6.42 Å². The Morgan fingerprint density at radius 3 is 2.40 bits per heavy atom. The van der Waals surface area contributed by atoms with Crippen LogP contribution in [0.3, 0.4) is 0 Å². The highest BCUT2D eigenvalue weighted by Gasteiger charge is 1.79. The van der Waals surface area contributed by atoms with Crippen LogP contribution in [0.15, 0.2) is 36.4 Å². The summed E-state index contributed by atoms with van der Waals surface area (Å²) < 4.78 is 0. The van der Waals surface area contributed by atoms with Crippen molar-refractivity contribution in [2.45, 2.75) is 6.92 Å². The molecule has 1 radical (unpaired) electrons. The van der Waals surface area contributed by atoms with Gasteiger partial charge < -0.3 is 0 Å². The van der Waals surface area contributed by atoms with Crippen molar-refractivity contribution in [1.29, 1.82) is 0 Å². The zero-order valence-corrected chi connectivity index (χ0v) is 6.12. The number of hydrogen-bond acceptors (Lipinski definition) is 0. The SMILES string of the molecule is C[CH]/C=C/c1ccccc1. The van der Waals surface area contributed by atoms with Crippen LogP contribution >= 0.6 is 0 Å². The molecule has 0 aromatic heterocycles. The van der Waals surface area contributed by atoms with Crippen LogP contribution < -0.4 is 0 Å². The van der Waals surface area contributed by atoms with Crippen LogP contribution in [0.4, 0.5) is 0 Å². The van der Waals surface area contributed by atoms with E-state index in [-0.39, 0.29) is 0 Å². The molecular formula is C10H11. The maximum Gasteiger partial charge on any atom is -0.0198 e. The first kappa shape index (κ1) is 7.07. The van der Waals surface area contributed by atoms with Crippen molar-refractivity contribution in [1.82, 2.24) is 0 Å². The predicted octanol–water partition coefficient (Wildman–Crippen LogP) is 2.92. The normalized spacial score (nSPS) is 10.5. The van der Waals surface area contributed by atoms with Crippen molar-refractivity contribution in [3.8, 4) is 0 Å². The molecular weight excluding hydrogens is 120 g/mol. The average Bonchev–Trinajstić information content (AvgIpc) is 2.03. The monoisotopic (exact) mass is 131 g/mol. The first-order chi connectivity index (χ1) is 4.93. The summed E-state index contributed by atoms with van der Waals surface area (Å²) in [6, 6.07) is 10.3. The minimum absolute atomic E-state index is 1.25. The van der Waals surface area contributed by atoms with Gasteiger partial charge in [0.05, 0.1) is 0 Å². The lowest BCUT2D eigenvalue weighted by Crippen LogP contribution is -1.66. The summed E-state index contributed by atoms with van der Waals surface area (Å²) in [5, 5.41) is 0. The lowest BCUT2D eigenvalue weighted by Gasteiger charge is -1.88. The molecule has 0 fully saturated rings. The highest BCUT2D eigenvalue weighted by atomic mass is 13.8. The van der Waals surface area contributed by atoms with Crippen LogP contribution in [0.1, 0.15) is 12.5 Å². The molecule has 10 heavy (non-hydrogen) atoms. The number of benzene rings is 1. The van der Waals surface area contributed by atoms with E-state index in [1.807, 2.05) is 37.6 Å². The van der Waals surface area contributed by atoms with Crippen molar-refractivity contribution in [3.05, 3.63) is 48.4 Å². The van der Waals surface area contributed by atoms with E-state index in [1.165, 1.54) is 5.56 Å². The molecule has 0 amide bonds. The first-order valence-electron chi connectivity index (χ1n) is 3.44. The van der Waals surface area contributed by atoms with Gasteiger partial charge in [-0.05, 0) is 12.0 Å². The van der Waals surface area contributed by atoms with Crippen molar-refractivity contribution in [2.24, 2.45) is 0 Å². The lowest BCUT2D eigenvalue weighted by atomic mass is 10.2. The summed E-state index contributed by atoms with van der Waals surface area (Å²) in [4.78, 5) is 0. The van der Waals surface area contributed by atoms with Gasteiger partial charge in [0.1, 0.15) is 0 Å². The van der Waals surface area contributed by atoms with E-state index in [9.17, 15) is 0 Å². The van der Waals surface area contributed by atoms with Crippen molar-refractivity contribution >= 4 is 6.08 Å². The quantitative estimate of drug-likeness (QED) is 0.579. The Bertz CT molecular complexity index is 197. The molecule has 0 heterocycles. The van der Waals surface area contributed by atoms with Crippen LogP contribution in [0.25, 0.3) is 6.08 Å². The van der Waals surface area contributed by atoms with E-state index in [0.717, 1.165) is 0 Å². The molecule has 0 saturated carbocycles. The van der Waals surface area contributed by atoms with E-state index >= 15 is 0 Å². The summed E-state index contributed by atoms with van der Waals surface area (Å²) >= 11 is 0. The minimum Gasteiger partial charge on any atom is -0.0805 e. The molecule has 0 aliphatic heterocycles. The molecule has 0 saturated heterocycles. The molecule has 51 valence electrons. The standard InChI is InChI=1S/C10H11/c1-2-3-7-10-8-5-4-6-9-10/h2-9H,1H3/b7-3+. The molecule has 0 N–H and O–H groups in total. The Morgan fingerprint density at radius 2 is 1.80 bits per heavy atom. The molecule has 0 spiro atoms. The summed E-state index contributed by atoms with van der Waals surface area (Å²) in [5.74, 6) is 0. The van der Waals surface area contributed by atoms with E-state index in [0.29, 0.717) is 0 Å². The zero-order chi connectivity index (χ0) is 7.23. The van der Waals surface area contributed by atoms with Gasteiger partial charge in [0.25, 0.3) is 0 Å².